The fourth-order valence-corrected chi connectivity index (χ4v) is 0.906. The summed E-state index contributed by atoms with van der Waals surface area (Å²) >= 11 is 0. The molecule has 0 aliphatic rings. The lowest BCUT2D eigenvalue weighted by Gasteiger charge is -2.15. The zero-order valence-electron chi connectivity index (χ0n) is 7.77. The fraction of sp³-hybridized carbons (Fsp3) is 0.875. The molecule has 0 spiro atoms. The second kappa shape index (κ2) is 5.13. The van der Waals surface area contributed by atoms with Gasteiger partial charge in [-0.25, -0.2) is 0 Å². The van der Waals surface area contributed by atoms with E-state index < -0.39 is 0 Å². The zero-order chi connectivity index (χ0) is 8.85. The summed E-state index contributed by atoms with van der Waals surface area (Å²) in [6, 6.07) is 0.183. The van der Waals surface area contributed by atoms with Gasteiger partial charge in [0.2, 0.25) is 5.91 Å². The molecular weight excluding hydrogens is 140 g/mol. The summed E-state index contributed by atoms with van der Waals surface area (Å²) in [6.07, 6.45) is 0.828. The van der Waals surface area contributed by atoms with Crippen LogP contribution in [-0.2, 0) is 4.79 Å². The Bertz CT molecular complexity index is 119. The summed E-state index contributed by atoms with van der Waals surface area (Å²) in [5.74, 6) is 0.0880. The molecule has 3 heteroatoms. The Kier molecular flexibility index (Phi) is 4.86. The summed E-state index contributed by atoms with van der Waals surface area (Å²) in [5, 5.41) is 5.79. The molecule has 0 saturated heterocycles. The maximum absolute atomic E-state index is 11.2. The van der Waals surface area contributed by atoms with E-state index in [1.807, 2.05) is 20.8 Å². The minimum atomic E-state index is -0.0441. The van der Waals surface area contributed by atoms with Crippen LogP contribution in [0.15, 0.2) is 0 Å². The highest BCUT2D eigenvalue weighted by Crippen LogP contribution is 1.90. The van der Waals surface area contributed by atoms with E-state index in [4.69, 9.17) is 0 Å². The molecule has 1 amide bonds. The van der Waals surface area contributed by atoms with Gasteiger partial charge in [-0.1, -0.05) is 6.92 Å². The number of carbonyl (C=O) groups is 1. The maximum atomic E-state index is 11.2. The second-order valence-corrected chi connectivity index (χ2v) is 2.91. The van der Waals surface area contributed by atoms with Gasteiger partial charge in [-0.3, -0.25) is 4.79 Å². The number of hydrogen-bond acceptors (Lipinski definition) is 2. The molecule has 0 heterocycles. The van der Waals surface area contributed by atoms with E-state index in [-0.39, 0.29) is 18.0 Å². The quantitative estimate of drug-likeness (QED) is 0.626. The van der Waals surface area contributed by atoms with Gasteiger partial charge in [-0.2, -0.15) is 0 Å². The van der Waals surface area contributed by atoms with Crippen molar-refractivity contribution in [3.63, 3.8) is 0 Å². The van der Waals surface area contributed by atoms with Gasteiger partial charge >= 0.3 is 0 Å². The molecule has 0 bridgehead atoms. The summed E-state index contributed by atoms with van der Waals surface area (Å²) < 4.78 is 0. The van der Waals surface area contributed by atoms with Crippen LogP contribution in [0, 0.1) is 0 Å². The van der Waals surface area contributed by atoms with E-state index in [0.29, 0.717) is 0 Å². The lowest BCUT2D eigenvalue weighted by Crippen LogP contribution is -2.44. The minimum absolute atomic E-state index is 0.0441. The van der Waals surface area contributed by atoms with Crippen molar-refractivity contribution < 1.29 is 4.79 Å². The first kappa shape index (κ1) is 10.4. The second-order valence-electron chi connectivity index (χ2n) is 2.91. The molecule has 3 nitrogen and oxygen atoms in total. The van der Waals surface area contributed by atoms with Crippen molar-refractivity contribution >= 4 is 5.91 Å². The van der Waals surface area contributed by atoms with E-state index in [2.05, 4.69) is 10.6 Å². The molecule has 2 N–H and O–H groups in total. The highest BCUT2D eigenvalue weighted by molar-refractivity contribution is 5.81. The van der Waals surface area contributed by atoms with E-state index >= 15 is 0 Å². The molecule has 1 atom stereocenters. The average Bonchev–Trinajstić information content (AvgIpc) is 1.88. The number of likely N-dealkylation sites (N-methyl/N-ethyl adjacent to an activating group) is 1. The maximum Gasteiger partial charge on any atom is 0.237 e. The van der Waals surface area contributed by atoms with Crippen LogP contribution in [0.4, 0.5) is 0 Å². The standard InChI is InChI=1S/C8H18N2O/c1-5-7(9-4)8(11)10-6(2)3/h6-7,9H,5H2,1-4H3,(H,10,11)/t7-/m0/s1. The van der Waals surface area contributed by atoms with Crippen molar-refractivity contribution in [3.05, 3.63) is 0 Å². The molecule has 0 aromatic rings. The average molecular weight is 158 g/mol. The van der Waals surface area contributed by atoms with Crippen LogP contribution in [0.2, 0.25) is 0 Å². The van der Waals surface area contributed by atoms with Gasteiger partial charge in [0.1, 0.15) is 0 Å². The molecule has 66 valence electrons. The Morgan fingerprint density at radius 2 is 2.00 bits per heavy atom. The Morgan fingerprint density at radius 3 is 2.27 bits per heavy atom. The largest absolute Gasteiger partial charge is 0.353 e. The number of amides is 1. The first-order valence-corrected chi connectivity index (χ1v) is 4.09. The SMILES string of the molecule is CC[C@H](NC)C(=O)NC(C)C. The molecule has 0 radical (unpaired) electrons. The first-order chi connectivity index (χ1) is 5.11. The van der Waals surface area contributed by atoms with Crippen LogP contribution in [0.5, 0.6) is 0 Å². The van der Waals surface area contributed by atoms with Crippen molar-refractivity contribution in [2.24, 2.45) is 0 Å². The van der Waals surface area contributed by atoms with Crippen molar-refractivity contribution in [1.82, 2.24) is 10.6 Å². The Hall–Kier alpha value is -0.570. The number of carbonyl (C=O) groups excluding carboxylic acids is 1. The summed E-state index contributed by atoms with van der Waals surface area (Å²) in [7, 11) is 1.80. The molecule has 0 aliphatic carbocycles. The highest BCUT2D eigenvalue weighted by Gasteiger charge is 2.13. The van der Waals surface area contributed by atoms with Gasteiger partial charge in [0.05, 0.1) is 6.04 Å². The Balaban J connectivity index is 3.79. The predicted molar refractivity (Wildman–Crippen MR) is 46.4 cm³/mol. The molecule has 0 unspecified atom stereocenters. The van der Waals surface area contributed by atoms with Crippen LogP contribution < -0.4 is 10.6 Å². The topological polar surface area (TPSA) is 41.1 Å². The Labute approximate surface area is 68.6 Å². The fourth-order valence-electron chi connectivity index (χ4n) is 0.906. The summed E-state index contributed by atoms with van der Waals surface area (Å²) in [4.78, 5) is 11.2. The minimum Gasteiger partial charge on any atom is -0.353 e. The predicted octanol–water partition coefficient (Wildman–Crippen LogP) is 0.509. The van der Waals surface area contributed by atoms with E-state index in [1.54, 1.807) is 7.05 Å². The lowest BCUT2D eigenvalue weighted by atomic mass is 10.2. The van der Waals surface area contributed by atoms with Gasteiger partial charge in [0.25, 0.3) is 0 Å². The molecule has 0 fully saturated rings. The molecule has 0 saturated carbocycles. The van der Waals surface area contributed by atoms with Crippen LogP contribution in [0.3, 0.4) is 0 Å². The molecule has 0 aliphatic heterocycles. The van der Waals surface area contributed by atoms with Crippen molar-refractivity contribution in [2.45, 2.75) is 39.3 Å². The van der Waals surface area contributed by atoms with Crippen molar-refractivity contribution in [3.8, 4) is 0 Å². The molecular formula is C8H18N2O. The third kappa shape index (κ3) is 3.98. The Morgan fingerprint density at radius 1 is 1.45 bits per heavy atom. The van der Waals surface area contributed by atoms with E-state index in [0.717, 1.165) is 6.42 Å². The third-order valence-electron chi connectivity index (χ3n) is 1.50. The van der Waals surface area contributed by atoms with Crippen LogP contribution >= 0.6 is 0 Å². The number of nitrogens with one attached hydrogen (secondary N) is 2. The van der Waals surface area contributed by atoms with E-state index in [9.17, 15) is 4.79 Å². The third-order valence-corrected chi connectivity index (χ3v) is 1.50. The smallest absolute Gasteiger partial charge is 0.237 e. The molecule has 0 aromatic carbocycles. The van der Waals surface area contributed by atoms with Gasteiger partial charge in [0, 0.05) is 6.04 Å². The van der Waals surface area contributed by atoms with Gasteiger partial charge < -0.3 is 10.6 Å². The number of rotatable bonds is 4. The monoisotopic (exact) mass is 158 g/mol. The van der Waals surface area contributed by atoms with Crippen molar-refractivity contribution in [1.29, 1.82) is 0 Å². The van der Waals surface area contributed by atoms with Crippen LogP contribution in [0.25, 0.3) is 0 Å². The van der Waals surface area contributed by atoms with Crippen LogP contribution in [-0.4, -0.2) is 25.0 Å². The van der Waals surface area contributed by atoms with Gasteiger partial charge in [0.15, 0.2) is 0 Å². The lowest BCUT2D eigenvalue weighted by molar-refractivity contribution is -0.123. The summed E-state index contributed by atoms with van der Waals surface area (Å²) in [5.41, 5.74) is 0. The molecule has 11 heavy (non-hydrogen) atoms. The number of hydrogen-bond donors (Lipinski definition) is 2. The molecule has 0 rings (SSSR count). The summed E-state index contributed by atoms with van der Waals surface area (Å²) in [6.45, 7) is 5.90. The van der Waals surface area contributed by atoms with Crippen LogP contribution in [0.1, 0.15) is 27.2 Å². The van der Waals surface area contributed by atoms with E-state index in [1.165, 1.54) is 0 Å². The zero-order valence-corrected chi connectivity index (χ0v) is 7.77. The molecule has 0 aromatic heterocycles. The highest BCUT2D eigenvalue weighted by atomic mass is 16.2. The normalized spacial score (nSPS) is 13.2. The van der Waals surface area contributed by atoms with Gasteiger partial charge in [-0.05, 0) is 27.3 Å². The van der Waals surface area contributed by atoms with Gasteiger partial charge in [-0.15, -0.1) is 0 Å². The first-order valence-electron chi connectivity index (χ1n) is 4.09. The van der Waals surface area contributed by atoms with Crippen molar-refractivity contribution in [2.75, 3.05) is 7.05 Å².